The summed E-state index contributed by atoms with van der Waals surface area (Å²) in [5, 5.41) is 3.64. The number of aromatic amines is 1. The molecule has 1 aliphatic rings. The topological polar surface area (TPSA) is 57.4 Å². The van der Waals surface area contributed by atoms with E-state index in [1.54, 1.807) is 6.07 Å². The van der Waals surface area contributed by atoms with Crippen LogP contribution in [-0.2, 0) is 0 Å². The van der Waals surface area contributed by atoms with Crippen molar-refractivity contribution in [1.82, 2.24) is 9.88 Å². The average molecular weight is 429 g/mol. The zero-order chi connectivity index (χ0) is 22.0. The van der Waals surface area contributed by atoms with Crippen LogP contribution in [0.4, 0.5) is 18.9 Å². The van der Waals surface area contributed by atoms with E-state index in [2.05, 4.69) is 32.9 Å². The number of aromatic nitrogens is 1. The van der Waals surface area contributed by atoms with Crippen LogP contribution < -0.4 is 10.1 Å². The third-order valence-corrected chi connectivity index (χ3v) is 5.38. The molecule has 0 atom stereocenters. The number of likely N-dealkylation sites (N-methyl/N-ethyl adjacent to an activating group) is 1. The number of benzene rings is 2. The summed E-state index contributed by atoms with van der Waals surface area (Å²) in [6.45, 7) is 5.02. The van der Waals surface area contributed by atoms with Gasteiger partial charge in [0.1, 0.15) is 5.75 Å². The van der Waals surface area contributed by atoms with E-state index in [0.29, 0.717) is 5.69 Å². The monoisotopic (exact) mass is 429 g/mol. The van der Waals surface area contributed by atoms with E-state index in [9.17, 15) is 18.0 Å². The number of carbonyl (C=O) groups is 1. The number of fused-ring (bicyclic) bond motifs is 1. The van der Waals surface area contributed by atoms with Crippen molar-refractivity contribution >= 4 is 28.1 Å². The molecule has 0 aliphatic carbocycles. The van der Waals surface area contributed by atoms with Gasteiger partial charge in [0.15, 0.2) is 0 Å². The normalized spacial score (nSPS) is 15.0. The fourth-order valence-electron chi connectivity index (χ4n) is 3.77. The highest BCUT2D eigenvalue weighted by Crippen LogP contribution is 2.32. The molecule has 2 heterocycles. The molecule has 3 aromatic rings. The van der Waals surface area contributed by atoms with Gasteiger partial charge >= 0.3 is 6.36 Å². The number of rotatable bonds is 5. The van der Waals surface area contributed by atoms with Crippen LogP contribution in [0.1, 0.15) is 29.3 Å². The van der Waals surface area contributed by atoms with Crippen LogP contribution in [-0.4, -0.2) is 41.8 Å². The standard InChI is InChI=1S/C23H22F3N3O2/c1-2-29-11-9-15(10-12-29)19-14-27-20-8-7-16(13-18(19)20)28-22(30)17-5-3-4-6-21(17)31-23(24,25)26/h3-9,13-14,27H,2,10-12H2,1H3,(H,28,30). The Morgan fingerprint density at radius 1 is 1.23 bits per heavy atom. The SMILES string of the molecule is CCN1CC=C(c2c[nH]c3ccc(NC(=O)c4ccccc4OC(F)(F)F)cc23)CC1. The maximum atomic E-state index is 12.7. The summed E-state index contributed by atoms with van der Waals surface area (Å²) in [6, 6.07) is 10.7. The summed E-state index contributed by atoms with van der Waals surface area (Å²) in [4.78, 5) is 18.3. The van der Waals surface area contributed by atoms with Crippen molar-refractivity contribution in [3.63, 3.8) is 0 Å². The molecule has 0 saturated carbocycles. The largest absolute Gasteiger partial charge is 0.573 e. The lowest BCUT2D eigenvalue weighted by atomic mass is 9.98. The van der Waals surface area contributed by atoms with Gasteiger partial charge in [-0.25, -0.2) is 0 Å². The molecule has 1 amide bonds. The second kappa shape index (κ2) is 8.47. The number of hydrogen-bond donors (Lipinski definition) is 2. The first-order valence-corrected chi connectivity index (χ1v) is 10.0. The van der Waals surface area contributed by atoms with Gasteiger partial charge in [0.2, 0.25) is 0 Å². The Balaban J connectivity index is 1.59. The van der Waals surface area contributed by atoms with Crippen LogP contribution in [0.15, 0.2) is 54.7 Å². The molecule has 162 valence electrons. The first-order valence-electron chi connectivity index (χ1n) is 10.0. The van der Waals surface area contributed by atoms with Gasteiger partial charge in [-0.3, -0.25) is 9.69 Å². The lowest BCUT2D eigenvalue weighted by molar-refractivity contribution is -0.274. The average Bonchev–Trinajstić information content (AvgIpc) is 3.16. The van der Waals surface area contributed by atoms with Gasteiger partial charge < -0.3 is 15.0 Å². The van der Waals surface area contributed by atoms with Crippen molar-refractivity contribution in [2.45, 2.75) is 19.7 Å². The molecule has 5 nitrogen and oxygen atoms in total. The predicted octanol–water partition coefficient (Wildman–Crippen LogP) is 5.43. The molecule has 0 bridgehead atoms. The Morgan fingerprint density at radius 2 is 2.03 bits per heavy atom. The van der Waals surface area contributed by atoms with Gasteiger partial charge in [0.05, 0.1) is 5.56 Å². The maximum Gasteiger partial charge on any atom is 0.573 e. The van der Waals surface area contributed by atoms with Crippen molar-refractivity contribution in [1.29, 1.82) is 0 Å². The zero-order valence-electron chi connectivity index (χ0n) is 16.9. The summed E-state index contributed by atoms with van der Waals surface area (Å²) >= 11 is 0. The van der Waals surface area contributed by atoms with Crippen LogP contribution in [0.25, 0.3) is 16.5 Å². The minimum atomic E-state index is -4.88. The highest BCUT2D eigenvalue weighted by atomic mass is 19.4. The number of carbonyl (C=O) groups excluding carboxylic acids is 1. The fourth-order valence-corrected chi connectivity index (χ4v) is 3.77. The van der Waals surface area contributed by atoms with E-state index in [-0.39, 0.29) is 5.56 Å². The second-order valence-corrected chi connectivity index (χ2v) is 7.33. The van der Waals surface area contributed by atoms with Crippen LogP contribution in [0.5, 0.6) is 5.75 Å². The van der Waals surface area contributed by atoms with Crippen molar-refractivity contribution < 1.29 is 22.7 Å². The molecule has 0 unspecified atom stereocenters. The number of nitrogens with zero attached hydrogens (tertiary/aromatic N) is 1. The zero-order valence-corrected chi connectivity index (χ0v) is 16.9. The quantitative estimate of drug-likeness (QED) is 0.569. The third-order valence-electron chi connectivity index (χ3n) is 5.38. The molecule has 0 radical (unpaired) electrons. The summed E-state index contributed by atoms with van der Waals surface area (Å²) in [5.74, 6) is -1.21. The van der Waals surface area contributed by atoms with Crippen LogP contribution >= 0.6 is 0 Å². The molecule has 31 heavy (non-hydrogen) atoms. The molecule has 4 rings (SSSR count). The van der Waals surface area contributed by atoms with E-state index in [0.717, 1.165) is 48.6 Å². The predicted molar refractivity (Wildman–Crippen MR) is 114 cm³/mol. The Hall–Kier alpha value is -3.26. The van der Waals surface area contributed by atoms with Gasteiger partial charge in [-0.1, -0.05) is 25.1 Å². The van der Waals surface area contributed by atoms with Crippen molar-refractivity contribution in [3.8, 4) is 5.75 Å². The highest BCUT2D eigenvalue weighted by molar-refractivity contribution is 6.07. The lowest BCUT2D eigenvalue weighted by Gasteiger charge is -2.24. The molecule has 0 spiro atoms. The summed E-state index contributed by atoms with van der Waals surface area (Å²) in [6.07, 6.45) is 0.220. The van der Waals surface area contributed by atoms with Crippen molar-refractivity contribution in [2.24, 2.45) is 0 Å². The van der Waals surface area contributed by atoms with Gasteiger partial charge in [-0.15, -0.1) is 13.2 Å². The van der Waals surface area contributed by atoms with Crippen molar-refractivity contribution in [2.75, 3.05) is 25.0 Å². The number of alkyl halides is 3. The first-order chi connectivity index (χ1) is 14.8. The van der Waals surface area contributed by atoms with E-state index in [1.165, 1.54) is 23.8 Å². The number of ether oxygens (including phenoxy) is 1. The van der Waals surface area contributed by atoms with Crippen molar-refractivity contribution in [3.05, 3.63) is 65.9 Å². The highest BCUT2D eigenvalue weighted by Gasteiger charge is 2.32. The number of H-pyrrole nitrogens is 1. The summed E-state index contributed by atoms with van der Waals surface area (Å²) in [5.41, 5.74) is 3.54. The number of para-hydroxylation sites is 1. The molecule has 1 aromatic heterocycles. The lowest BCUT2D eigenvalue weighted by Crippen LogP contribution is -2.27. The minimum absolute atomic E-state index is 0.191. The van der Waals surface area contributed by atoms with Gasteiger partial charge in [0.25, 0.3) is 5.91 Å². The molecule has 1 aliphatic heterocycles. The van der Waals surface area contributed by atoms with E-state index < -0.39 is 18.0 Å². The number of halogens is 3. The molecule has 0 saturated heterocycles. The van der Waals surface area contributed by atoms with E-state index in [4.69, 9.17) is 0 Å². The van der Waals surface area contributed by atoms with Crippen LogP contribution in [0, 0.1) is 0 Å². The summed E-state index contributed by atoms with van der Waals surface area (Å²) in [7, 11) is 0. The number of hydrogen-bond acceptors (Lipinski definition) is 3. The molecular formula is C23H22F3N3O2. The van der Waals surface area contributed by atoms with Crippen LogP contribution in [0.2, 0.25) is 0 Å². The van der Waals surface area contributed by atoms with Gasteiger partial charge in [0, 0.05) is 41.4 Å². The van der Waals surface area contributed by atoms with E-state index in [1.807, 2.05) is 18.3 Å². The van der Waals surface area contributed by atoms with E-state index >= 15 is 0 Å². The number of amides is 1. The second-order valence-electron chi connectivity index (χ2n) is 7.33. The molecule has 0 fully saturated rings. The van der Waals surface area contributed by atoms with Gasteiger partial charge in [-0.05, 0) is 48.9 Å². The first kappa shape index (κ1) is 21.0. The molecule has 2 N–H and O–H groups in total. The Bertz CT molecular complexity index is 1130. The minimum Gasteiger partial charge on any atom is -0.405 e. The molecule has 2 aromatic carbocycles. The maximum absolute atomic E-state index is 12.7. The fraction of sp³-hybridized carbons (Fsp3) is 0.261. The Morgan fingerprint density at radius 3 is 2.74 bits per heavy atom. The van der Waals surface area contributed by atoms with Crippen LogP contribution in [0.3, 0.4) is 0 Å². The molecular weight excluding hydrogens is 407 g/mol. The summed E-state index contributed by atoms with van der Waals surface area (Å²) < 4.78 is 41.9. The van der Waals surface area contributed by atoms with Gasteiger partial charge in [-0.2, -0.15) is 0 Å². The third kappa shape index (κ3) is 4.74. The number of anilines is 1. The Kier molecular flexibility index (Phi) is 5.73. The number of nitrogens with one attached hydrogen (secondary N) is 2. The molecule has 8 heteroatoms. The Labute approximate surface area is 177 Å². The smallest absolute Gasteiger partial charge is 0.405 e.